The van der Waals surface area contributed by atoms with E-state index in [4.69, 9.17) is 11.6 Å². The number of nitrogens with zero attached hydrogens (tertiary/aromatic N) is 1. The number of halogens is 2. The van der Waals surface area contributed by atoms with E-state index in [1.807, 2.05) is 30.3 Å². The van der Waals surface area contributed by atoms with E-state index in [2.05, 4.69) is 10.3 Å². The summed E-state index contributed by atoms with van der Waals surface area (Å²) in [6, 6.07) is 14.3. The van der Waals surface area contributed by atoms with Crippen molar-refractivity contribution >= 4 is 28.2 Å². The summed E-state index contributed by atoms with van der Waals surface area (Å²) in [5, 5.41) is 4.74. The smallest absolute Gasteiger partial charge is 0.125 e. The third kappa shape index (κ3) is 2.73. The van der Waals surface area contributed by atoms with Gasteiger partial charge < -0.3 is 5.32 Å². The molecule has 0 bridgehead atoms. The van der Waals surface area contributed by atoms with Crippen molar-refractivity contribution in [2.75, 3.05) is 5.32 Å². The van der Waals surface area contributed by atoms with Gasteiger partial charge in [0.25, 0.3) is 0 Å². The van der Waals surface area contributed by atoms with Crippen LogP contribution in [0.3, 0.4) is 0 Å². The zero-order valence-electron chi connectivity index (χ0n) is 10.6. The summed E-state index contributed by atoms with van der Waals surface area (Å²) in [4.78, 5) is 4.30. The first-order chi connectivity index (χ1) is 9.72. The minimum atomic E-state index is -0.325. The van der Waals surface area contributed by atoms with Crippen LogP contribution in [0.2, 0.25) is 5.02 Å². The van der Waals surface area contributed by atoms with Gasteiger partial charge in [-0.05, 0) is 48.0 Å². The molecule has 0 atom stereocenters. The lowest BCUT2D eigenvalue weighted by Gasteiger charge is -2.10. The van der Waals surface area contributed by atoms with Gasteiger partial charge in [-0.1, -0.05) is 17.7 Å². The molecule has 3 aromatic rings. The standard InChI is InChI=1S/C16H12ClFN2/c17-12-7-11(8-13(18)9-12)10-20-16-5-1-4-15-14(16)3-2-6-19-15/h1-9,20H,10H2. The Bertz CT molecular complexity index is 733. The molecule has 2 aromatic carbocycles. The minimum Gasteiger partial charge on any atom is -0.380 e. The van der Waals surface area contributed by atoms with Crippen LogP contribution in [0.15, 0.2) is 54.7 Å². The molecule has 0 fully saturated rings. The van der Waals surface area contributed by atoms with Crippen LogP contribution < -0.4 is 5.32 Å². The van der Waals surface area contributed by atoms with E-state index in [1.54, 1.807) is 12.3 Å². The number of nitrogens with one attached hydrogen (secondary N) is 1. The molecule has 2 nitrogen and oxygen atoms in total. The molecule has 1 aromatic heterocycles. The first kappa shape index (κ1) is 12.9. The van der Waals surface area contributed by atoms with Crippen molar-refractivity contribution in [2.24, 2.45) is 0 Å². The molecule has 100 valence electrons. The fourth-order valence-electron chi connectivity index (χ4n) is 2.17. The first-order valence-corrected chi connectivity index (χ1v) is 6.63. The highest BCUT2D eigenvalue weighted by atomic mass is 35.5. The second-order valence-electron chi connectivity index (χ2n) is 4.51. The Balaban J connectivity index is 1.87. The van der Waals surface area contributed by atoms with Gasteiger partial charge in [-0.15, -0.1) is 0 Å². The fraction of sp³-hybridized carbons (Fsp3) is 0.0625. The molecule has 20 heavy (non-hydrogen) atoms. The molecule has 0 aliphatic heterocycles. The van der Waals surface area contributed by atoms with Crippen LogP contribution in [0, 0.1) is 5.82 Å². The average molecular weight is 287 g/mol. The number of aromatic nitrogens is 1. The molecule has 0 amide bonds. The zero-order chi connectivity index (χ0) is 13.9. The van der Waals surface area contributed by atoms with Gasteiger partial charge in [0.1, 0.15) is 5.82 Å². The quantitative estimate of drug-likeness (QED) is 0.759. The van der Waals surface area contributed by atoms with Gasteiger partial charge in [0, 0.05) is 28.8 Å². The molecule has 4 heteroatoms. The molecule has 0 aliphatic carbocycles. The van der Waals surface area contributed by atoms with Crippen molar-refractivity contribution in [3.05, 3.63) is 71.1 Å². The third-order valence-electron chi connectivity index (χ3n) is 3.05. The lowest BCUT2D eigenvalue weighted by Crippen LogP contribution is -2.00. The second kappa shape index (κ2) is 5.47. The molecule has 0 unspecified atom stereocenters. The topological polar surface area (TPSA) is 24.9 Å². The highest BCUT2D eigenvalue weighted by Gasteiger charge is 2.03. The molecular formula is C16H12ClFN2. The number of fused-ring (bicyclic) bond motifs is 1. The number of hydrogen-bond donors (Lipinski definition) is 1. The Morgan fingerprint density at radius 2 is 2.00 bits per heavy atom. The predicted molar refractivity (Wildman–Crippen MR) is 80.5 cm³/mol. The summed E-state index contributed by atoms with van der Waals surface area (Å²) in [7, 11) is 0. The van der Waals surface area contributed by atoms with Gasteiger partial charge in [-0.25, -0.2) is 4.39 Å². The number of hydrogen-bond acceptors (Lipinski definition) is 2. The Morgan fingerprint density at radius 1 is 1.10 bits per heavy atom. The van der Waals surface area contributed by atoms with E-state index >= 15 is 0 Å². The zero-order valence-corrected chi connectivity index (χ0v) is 11.4. The van der Waals surface area contributed by atoms with Gasteiger partial charge in [0.05, 0.1) is 5.52 Å². The molecule has 0 saturated carbocycles. The second-order valence-corrected chi connectivity index (χ2v) is 4.94. The van der Waals surface area contributed by atoms with Crippen LogP contribution >= 0.6 is 11.6 Å². The molecule has 0 aliphatic rings. The number of benzene rings is 2. The van der Waals surface area contributed by atoms with E-state index in [9.17, 15) is 4.39 Å². The van der Waals surface area contributed by atoms with Crippen LogP contribution in [0.25, 0.3) is 10.9 Å². The van der Waals surface area contributed by atoms with E-state index in [0.29, 0.717) is 11.6 Å². The highest BCUT2D eigenvalue weighted by Crippen LogP contribution is 2.22. The summed E-state index contributed by atoms with van der Waals surface area (Å²) in [6.45, 7) is 0.505. The van der Waals surface area contributed by atoms with E-state index in [0.717, 1.165) is 22.2 Å². The SMILES string of the molecule is Fc1cc(Cl)cc(CNc2cccc3ncccc23)c1. The largest absolute Gasteiger partial charge is 0.380 e. The summed E-state index contributed by atoms with van der Waals surface area (Å²) < 4.78 is 13.3. The van der Waals surface area contributed by atoms with E-state index in [1.165, 1.54) is 12.1 Å². The maximum atomic E-state index is 13.3. The number of pyridine rings is 1. The maximum Gasteiger partial charge on any atom is 0.125 e. The molecule has 0 spiro atoms. The average Bonchev–Trinajstić information content (AvgIpc) is 2.44. The molecule has 3 rings (SSSR count). The number of rotatable bonds is 3. The molecular weight excluding hydrogens is 275 g/mol. The number of anilines is 1. The lowest BCUT2D eigenvalue weighted by molar-refractivity contribution is 0.626. The van der Waals surface area contributed by atoms with Crippen molar-refractivity contribution < 1.29 is 4.39 Å². The summed E-state index contributed by atoms with van der Waals surface area (Å²) in [5.41, 5.74) is 2.70. The Hall–Kier alpha value is -2.13. The molecule has 0 saturated heterocycles. The Labute approximate surface area is 121 Å². The van der Waals surface area contributed by atoms with Crippen LogP contribution in [0.4, 0.5) is 10.1 Å². The third-order valence-corrected chi connectivity index (χ3v) is 3.27. The summed E-state index contributed by atoms with van der Waals surface area (Å²) in [5.74, 6) is -0.325. The maximum absolute atomic E-state index is 13.3. The predicted octanol–water partition coefficient (Wildman–Crippen LogP) is 4.64. The van der Waals surface area contributed by atoms with Crippen LogP contribution in [0.5, 0.6) is 0 Å². The van der Waals surface area contributed by atoms with Crippen molar-refractivity contribution in [3.8, 4) is 0 Å². The van der Waals surface area contributed by atoms with Crippen molar-refractivity contribution in [3.63, 3.8) is 0 Å². The molecule has 1 heterocycles. The Kier molecular flexibility index (Phi) is 3.52. The fourth-order valence-corrected chi connectivity index (χ4v) is 2.41. The van der Waals surface area contributed by atoms with Gasteiger partial charge in [-0.2, -0.15) is 0 Å². The molecule has 0 radical (unpaired) electrons. The van der Waals surface area contributed by atoms with Crippen molar-refractivity contribution in [2.45, 2.75) is 6.54 Å². The Morgan fingerprint density at radius 3 is 2.85 bits per heavy atom. The van der Waals surface area contributed by atoms with Crippen LogP contribution in [-0.4, -0.2) is 4.98 Å². The van der Waals surface area contributed by atoms with Crippen LogP contribution in [-0.2, 0) is 6.54 Å². The van der Waals surface area contributed by atoms with Crippen LogP contribution in [0.1, 0.15) is 5.56 Å². The summed E-state index contributed by atoms with van der Waals surface area (Å²) in [6.07, 6.45) is 1.76. The molecule has 1 N–H and O–H groups in total. The normalized spacial score (nSPS) is 10.7. The van der Waals surface area contributed by atoms with E-state index in [-0.39, 0.29) is 5.82 Å². The summed E-state index contributed by atoms with van der Waals surface area (Å²) >= 11 is 5.85. The van der Waals surface area contributed by atoms with Gasteiger partial charge in [-0.3, -0.25) is 4.98 Å². The lowest BCUT2D eigenvalue weighted by atomic mass is 10.1. The van der Waals surface area contributed by atoms with Gasteiger partial charge in [0.2, 0.25) is 0 Å². The van der Waals surface area contributed by atoms with Gasteiger partial charge in [0.15, 0.2) is 0 Å². The van der Waals surface area contributed by atoms with Crippen molar-refractivity contribution in [1.29, 1.82) is 0 Å². The monoisotopic (exact) mass is 286 g/mol. The minimum absolute atomic E-state index is 0.325. The van der Waals surface area contributed by atoms with Gasteiger partial charge >= 0.3 is 0 Å². The van der Waals surface area contributed by atoms with Crippen molar-refractivity contribution in [1.82, 2.24) is 4.98 Å². The highest BCUT2D eigenvalue weighted by molar-refractivity contribution is 6.30. The van der Waals surface area contributed by atoms with E-state index < -0.39 is 0 Å². The first-order valence-electron chi connectivity index (χ1n) is 6.25.